The van der Waals surface area contributed by atoms with Gasteiger partial charge in [-0.25, -0.2) is 19.9 Å². The summed E-state index contributed by atoms with van der Waals surface area (Å²) in [5.41, 5.74) is 8.41. The largest absolute Gasteiger partial charge is 0.456 e. The molecule has 14 rings (SSSR count). The molecule has 5 heterocycles. The normalized spacial score (nSPS) is 12.1. The summed E-state index contributed by atoms with van der Waals surface area (Å²) < 4.78 is 11.3. The van der Waals surface area contributed by atoms with E-state index >= 15 is 0 Å². The Morgan fingerprint density at radius 1 is 0.317 bits per heavy atom. The lowest BCUT2D eigenvalue weighted by Crippen LogP contribution is -2.00. The van der Waals surface area contributed by atoms with Gasteiger partial charge in [-0.2, -0.15) is 0 Å². The third-order valence-corrected chi connectivity index (χ3v) is 14.9. The van der Waals surface area contributed by atoms with Crippen LogP contribution < -0.4 is 0 Å². The van der Waals surface area contributed by atoms with Gasteiger partial charge in [0.15, 0.2) is 17.5 Å². The van der Waals surface area contributed by atoms with Crippen LogP contribution in [-0.4, -0.2) is 19.9 Å². The van der Waals surface area contributed by atoms with E-state index in [-0.39, 0.29) is 0 Å². The molecule has 5 nitrogen and oxygen atoms in total. The van der Waals surface area contributed by atoms with Gasteiger partial charge in [0, 0.05) is 78.9 Å². The zero-order valence-corrected chi connectivity index (χ0v) is 35.0. The van der Waals surface area contributed by atoms with E-state index in [4.69, 9.17) is 24.4 Å². The number of fused-ring (bicyclic) bond motifs is 9. The van der Waals surface area contributed by atoms with Crippen LogP contribution in [0.5, 0.6) is 0 Å². The van der Waals surface area contributed by atoms with Gasteiger partial charge >= 0.3 is 0 Å². The molecule has 0 N–H and O–H groups in total. The fourth-order valence-corrected chi connectivity index (χ4v) is 12.1. The molecule has 292 valence electrons. The first kappa shape index (κ1) is 34.8. The standard InChI is InChI=1S/C56H30N4OS2/c1-2-11-35-34(10-1)39-14-8-21-49-50(39)51-40(35)28-29-42(53(51)63-49)45-18-9-17-44(57-45)31-22-24-32(25-23-31)54-58-55(33-26-27-37-36-12-3-5-19-46(36)61-47(37)30-33)60-56(59-54)43-16-7-15-41-38-13-4-6-20-48(38)62-52(41)43/h1-30H. The van der Waals surface area contributed by atoms with Gasteiger partial charge in [0.05, 0.1) is 11.4 Å². The lowest BCUT2D eigenvalue weighted by molar-refractivity contribution is 0.669. The van der Waals surface area contributed by atoms with E-state index in [1.165, 1.54) is 57.2 Å². The Bertz CT molecular complexity index is 4160. The Balaban J connectivity index is 0.884. The molecule has 0 aliphatic carbocycles. The van der Waals surface area contributed by atoms with Crippen molar-refractivity contribution < 1.29 is 4.42 Å². The molecule has 0 atom stereocenters. The predicted octanol–water partition coefficient (Wildman–Crippen LogP) is 16.0. The number of rotatable bonds is 5. The molecular formula is C56H30N4OS2. The topological polar surface area (TPSA) is 64.7 Å². The van der Waals surface area contributed by atoms with Crippen molar-refractivity contribution in [3.05, 3.63) is 182 Å². The van der Waals surface area contributed by atoms with E-state index in [1.807, 2.05) is 35.6 Å². The van der Waals surface area contributed by atoms with E-state index in [0.29, 0.717) is 17.5 Å². The van der Waals surface area contributed by atoms with E-state index in [0.717, 1.165) is 65.8 Å². The zero-order valence-electron chi connectivity index (χ0n) is 33.3. The minimum absolute atomic E-state index is 0.586. The Morgan fingerprint density at radius 2 is 0.905 bits per heavy atom. The number of para-hydroxylation sites is 1. The number of pyridine rings is 1. The molecule has 0 bridgehead atoms. The summed E-state index contributed by atoms with van der Waals surface area (Å²) >= 11 is 3.63. The molecule has 0 saturated carbocycles. The van der Waals surface area contributed by atoms with Crippen LogP contribution in [0.1, 0.15) is 0 Å². The van der Waals surface area contributed by atoms with Crippen LogP contribution in [0.2, 0.25) is 0 Å². The van der Waals surface area contributed by atoms with Crippen molar-refractivity contribution in [2.75, 3.05) is 0 Å². The Kier molecular flexibility index (Phi) is 7.37. The quantitative estimate of drug-likeness (QED) is 0.162. The number of hydrogen-bond acceptors (Lipinski definition) is 7. The van der Waals surface area contributed by atoms with Crippen molar-refractivity contribution in [1.82, 2.24) is 19.9 Å². The lowest BCUT2D eigenvalue weighted by Gasteiger charge is -2.12. The van der Waals surface area contributed by atoms with Crippen molar-refractivity contribution in [3.63, 3.8) is 0 Å². The van der Waals surface area contributed by atoms with Gasteiger partial charge in [0.25, 0.3) is 0 Å². The first-order valence-corrected chi connectivity index (χ1v) is 22.6. The zero-order chi connectivity index (χ0) is 41.2. The first-order valence-electron chi connectivity index (χ1n) is 20.9. The molecule has 9 aromatic carbocycles. The van der Waals surface area contributed by atoms with Gasteiger partial charge in [-0.05, 0) is 70.1 Å². The number of aromatic nitrogens is 4. The van der Waals surface area contributed by atoms with Gasteiger partial charge in [0.2, 0.25) is 0 Å². The van der Waals surface area contributed by atoms with Crippen LogP contribution in [0.4, 0.5) is 0 Å². The maximum absolute atomic E-state index is 6.31. The average molecular weight is 839 g/mol. The van der Waals surface area contributed by atoms with E-state index in [2.05, 4.69) is 158 Å². The molecule has 0 radical (unpaired) electrons. The van der Waals surface area contributed by atoms with Crippen molar-refractivity contribution >= 4 is 107 Å². The third kappa shape index (κ3) is 5.27. The van der Waals surface area contributed by atoms with Crippen LogP contribution in [0.15, 0.2) is 186 Å². The number of benzene rings is 9. The molecular weight excluding hydrogens is 809 g/mol. The Labute approximate surface area is 367 Å². The van der Waals surface area contributed by atoms with Gasteiger partial charge in [-0.15, -0.1) is 22.7 Å². The monoisotopic (exact) mass is 838 g/mol. The number of thiophene rings is 2. The highest BCUT2D eigenvalue weighted by molar-refractivity contribution is 7.27. The SMILES string of the molecule is c1cc(-c2ccc(-c3nc(-c4ccc5c(c4)oc4ccccc45)nc(-c4cccc5c4sc4ccccc45)n3)cc2)nc(-c2ccc3c4ccccc4c4cccc5sc2c3c54)c1. The minimum atomic E-state index is 0.586. The van der Waals surface area contributed by atoms with Crippen LogP contribution in [0.3, 0.4) is 0 Å². The van der Waals surface area contributed by atoms with Crippen LogP contribution in [0, 0.1) is 0 Å². The van der Waals surface area contributed by atoms with E-state index < -0.39 is 0 Å². The maximum Gasteiger partial charge on any atom is 0.165 e. The molecule has 0 aliphatic heterocycles. The second-order valence-electron chi connectivity index (χ2n) is 16.1. The molecule has 0 spiro atoms. The maximum atomic E-state index is 6.31. The Hall–Kier alpha value is -7.84. The predicted molar refractivity (Wildman–Crippen MR) is 264 cm³/mol. The third-order valence-electron chi connectivity index (χ3n) is 12.5. The molecule has 0 saturated heterocycles. The number of furan rings is 1. The van der Waals surface area contributed by atoms with Gasteiger partial charge in [-0.3, -0.25) is 0 Å². The fraction of sp³-hybridized carbons (Fsp3) is 0. The summed E-state index contributed by atoms with van der Waals surface area (Å²) in [6, 6.07) is 64.1. The number of hydrogen-bond donors (Lipinski definition) is 0. The van der Waals surface area contributed by atoms with Crippen LogP contribution in [-0.2, 0) is 0 Å². The summed E-state index contributed by atoms with van der Waals surface area (Å²) in [5.74, 6) is 1.81. The minimum Gasteiger partial charge on any atom is -0.456 e. The van der Waals surface area contributed by atoms with Gasteiger partial charge < -0.3 is 4.42 Å². The van der Waals surface area contributed by atoms with Gasteiger partial charge in [-0.1, -0.05) is 133 Å². The summed E-state index contributed by atoms with van der Waals surface area (Å²) in [7, 11) is 0. The molecule has 14 aromatic rings. The van der Waals surface area contributed by atoms with E-state index in [1.54, 1.807) is 11.3 Å². The molecule has 5 aromatic heterocycles. The molecule has 63 heavy (non-hydrogen) atoms. The van der Waals surface area contributed by atoms with Crippen molar-refractivity contribution in [2.45, 2.75) is 0 Å². The highest BCUT2D eigenvalue weighted by Crippen LogP contribution is 2.48. The summed E-state index contributed by atoms with van der Waals surface area (Å²) in [6.45, 7) is 0. The molecule has 0 unspecified atom stereocenters. The van der Waals surface area contributed by atoms with Crippen LogP contribution >= 0.6 is 22.7 Å². The summed E-state index contributed by atoms with van der Waals surface area (Å²) in [6.07, 6.45) is 0. The molecule has 0 fully saturated rings. The first-order chi connectivity index (χ1) is 31.2. The highest BCUT2D eigenvalue weighted by atomic mass is 32.1. The van der Waals surface area contributed by atoms with Gasteiger partial charge in [0.1, 0.15) is 11.2 Å². The highest BCUT2D eigenvalue weighted by Gasteiger charge is 2.21. The fourth-order valence-electron chi connectivity index (χ4n) is 9.60. The molecule has 7 heteroatoms. The number of nitrogens with zero attached hydrogens (tertiary/aromatic N) is 4. The second kappa shape index (κ2) is 13.3. The second-order valence-corrected chi connectivity index (χ2v) is 18.2. The lowest BCUT2D eigenvalue weighted by atomic mass is 9.93. The van der Waals surface area contributed by atoms with Crippen molar-refractivity contribution in [3.8, 4) is 56.7 Å². The van der Waals surface area contributed by atoms with E-state index in [9.17, 15) is 0 Å². The molecule has 0 amide bonds. The smallest absolute Gasteiger partial charge is 0.165 e. The van der Waals surface area contributed by atoms with Crippen LogP contribution in [0.25, 0.3) is 141 Å². The average Bonchev–Trinajstić information content (AvgIpc) is 4.05. The summed E-state index contributed by atoms with van der Waals surface area (Å²) in [4.78, 5) is 20.8. The molecule has 0 aliphatic rings. The van der Waals surface area contributed by atoms with Crippen molar-refractivity contribution in [1.29, 1.82) is 0 Å². The summed E-state index contributed by atoms with van der Waals surface area (Å²) in [5, 5.41) is 12.4. The Morgan fingerprint density at radius 3 is 1.78 bits per heavy atom. The van der Waals surface area contributed by atoms with Crippen molar-refractivity contribution in [2.24, 2.45) is 0 Å².